The van der Waals surface area contributed by atoms with Gasteiger partial charge in [0.15, 0.2) is 5.69 Å². The number of aromatic nitrogens is 2. The van der Waals surface area contributed by atoms with E-state index in [0.717, 1.165) is 0 Å². The molecule has 0 bridgehead atoms. The van der Waals surface area contributed by atoms with Gasteiger partial charge in [0.25, 0.3) is 0 Å². The number of aromatic carboxylic acids is 1. The Morgan fingerprint density at radius 3 is 2.75 bits per heavy atom. The van der Waals surface area contributed by atoms with Gasteiger partial charge >= 0.3 is 5.97 Å². The van der Waals surface area contributed by atoms with Crippen molar-refractivity contribution in [1.82, 2.24) is 9.38 Å². The summed E-state index contributed by atoms with van der Waals surface area (Å²) in [5, 5.41) is 9.68. The number of nitrogens with zero attached hydrogens (tertiary/aromatic N) is 2. The molecule has 0 aliphatic rings. The summed E-state index contributed by atoms with van der Waals surface area (Å²) in [6, 6.07) is 3.40. The van der Waals surface area contributed by atoms with Crippen molar-refractivity contribution in [3.8, 4) is 0 Å². The van der Waals surface area contributed by atoms with Gasteiger partial charge in [0.1, 0.15) is 5.65 Å². The second-order valence-electron chi connectivity index (χ2n) is 3.88. The molecule has 84 valence electrons. The highest BCUT2D eigenvalue weighted by molar-refractivity contribution is 6.30. The highest BCUT2D eigenvalue weighted by atomic mass is 35.5. The van der Waals surface area contributed by atoms with E-state index in [-0.39, 0.29) is 11.6 Å². The number of fused-ring (bicyclic) bond motifs is 1. The molecular formula is C11H11ClN2O2. The molecule has 0 saturated carbocycles. The minimum atomic E-state index is -0.988. The van der Waals surface area contributed by atoms with Gasteiger partial charge in [0, 0.05) is 6.20 Å². The Hall–Kier alpha value is -1.55. The molecule has 0 fully saturated rings. The monoisotopic (exact) mass is 238 g/mol. The summed E-state index contributed by atoms with van der Waals surface area (Å²) < 4.78 is 1.51. The van der Waals surface area contributed by atoms with Gasteiger partial charge in [-0.15, -0.1) is 0 Å². The zero-order chi connectivity index (χ0) is 11.9. The van der Waals surface area contributed by atoms with Crippen LogP contribution in [0.5, 0.6) is 0 Å². The quantitative estimate of drug-likeness (QED) is 0.875. The lowest BCUT2D eigenvalue weighted by molar-refractivity contribution is 0.0687. The number of carboxylic acid groups (broad SMARTS) is 1. The number of carbonyl (C=O) groups is 1. The molecule has 2 aromatic rings. The molecule has 0 radical (unpaired) electrons. The first-order valence-corrected chi connectivity index (χ1v) is 5.29. The van der Waals surface area contributed by atoms with Crippen LogP contribution in [0.25, 0.3) is 5.65 Å². The van der Waals surface area contributed by atoms with Crippen molar-refractivity contribution in [3.63, 3.8) is 0 Å². The minimum absolute atomic E-state index is 0.0600. The number of pyridine rings is 1. The lowest BCUT2D eigenvalue weighted by Crippen LogP contribution is -2.06. The maximum Gasteiger partial charge on any atom is 0.354 e. The van der Waals surface area contributed by atoms with Crippen LogP contribution in [0.15, 0.2) is 18.3 Å². The minimum Gasteiger partial charge on any atom is -0.477 e. The van der Waals surface area contributed by atoms with Crippen molar-refractivity contribution < 1.29 is 9.90 Å². The second kappa shape index (κ2) is 3.79. The molecule has 0 aromatic carbocycles. The Balaban J connectivity index is 2.82. The van der Waals surface area contributed by atoms with Gasteiger partial charge in [-0.1, -0.05) is 25.4 Å². The Morgan fingerprint density at radius 1 is 1.50 bits per heavy atom. The zero-order valence-corrected chi connectivity index (χ0v) is 9.69. The molecule has 2 heterocycles. The maximum absolute atomic E-state index is 11.2. The van der Waals surface area contributed by atoms with E-state index in [1.165, 1.54) is 4.40 Å². The summed E-state index contributed by atoms with van der Waals surface area (Å²) in [4.78, 5) is 15.5. The van der Waals surface area contributed by atoms with Crippen molar-refractivity contribution in [2.75, 3.05) is 0 Å². The van der Waals surface area contributed by atoms with E-state index in [0.29, 0.717) is 16.4 Å². The number of imidazole rings is 1. The van der Waals surface area contributed by atoms with E-state index < -0.39 is 5.97 Å². The summed E-state index contributed by atoms with van der Waals surface area (Å²) in [6.07, 6.45) is 1.57. The Morgan fingerprint density at radius 2 is 2.19 bits per heavy atom. The van der Waals surface area contributed by atoms with Crippen LogP contribution in [0.3, 0.4) is 0 Å². The van der Waals surface area contributed by atoms with E-state index in [1.807, 2.05) is 13.8 Å². The van der Waals surface area contributed by atoms with Gasteiger partial charge in [-0.05, 0) is 18.1 Å². The van der Waals surface area contributed by atoms with Gasteiger partial charge in [-0.3, -0.25) is 4.40 Å². The van der Waals surface area contributed by atoms with E-state index >= 15 is 0 Å². The first-order chi connectivity index (χ1) is 7.50. The molecule has 0 unspecified atom stereocenters. The van der Waals surface area contributed by atoms with Crippen LogP contribution in [0, 0.1) is 0 Å². The number of carboxylic acids is 1. The predicted molar refractivity (Wildman–Crippen MR) is 61.3 cm³/mol. The molecule has 0 amide bonds. The molecular weight excluding hydrogens is 228 g/mol. The van der Waals surface area contributed by atoms with Crippen molar-refractivity contribution in [2.24, 2.45) is 0 Å². The van der Waals surface area contributed by atoms with E-state index in [9.17, 15) is 9.90 Å². The highest BCUT2D eigenvalue weighted by Gasteiger charge is 2.20. The molecule has 0 aliphatic carbocycles. The third kappa shape index (κ3) is 1.65. The predicted octanol–water partition coefficient (Wildman–Crippen LogP) is 2.81. The molecule has 16 heavy (non-hydrogen) atoms. The molecule has 0 saturated heterocycles. The van der Waals surface area contributed by atoms with E-state index in [2.05, 4.69) is 4.98 Å². The summed E-state index contributed by atoms with van der Waals surface area (Å²) >= 11 is 5.84. The van der Waals surface area contributed by atoms with Crippen LogP contribution in [0.2, 0.25) is 5.02 Å². The molecule has 2 rings (SSSR count). The van der Waals surface area contributed by atoms with Crippen LogP contribution < -0.4 is 0 Å². The van der Waals surface area contributed by atoms with Gasteiger partial charge in [0.05, 0.1) is 10.7 Å². The van der Waals surface area contributed by atoms with Gasteiger partial charge in [-0.25, -0.2) is 9.78 Å². The van der Waals surface area contributed by atoms with Crippen molar-refractivity contribution >= 4 is 23.2 Å². The fourth-order valence-electron chi connectivity index (χ4n) is 1.65. The van der Waals surface area contributed by atoms with E-state index in [1.54, 1.807) is 18.3 Å². The molecule has 0 spiro atoms. The fourth-order valence-corrected chi connectivity index (χ4v) is 1.81. The number of hydrogen-bond donors (Lipinski definition) is 1. The standard InChI is InChI=1S/C11H11ClN2O2/c1-6(2)9-10(11(15)16)14-5-7(12)3-4-8(14)13-9/h3-6H,1-2H3,(H,15,16). The van der Waals surface area contributed by atoms with Crippen molar-refractivity contribution in [2.45, 2.75) is 19.8 Å². The van der Waals surface area contributed by atoms with Crippen LogP contribution in [0.1, 0.15) is 35.9 Å². The first kappa shape index (κ1) is 11.0. The van der Waals surface area contributed by atoms with Gasteiger partial charge in [-0.2, -0.15) is 0 Å². The largest absolute Gasteiger partial charge is 0.477 e. The average molecular weight is 239 g/mol. The van der Waals surface area contributed by atoms with Gasteiger partial charge in [0.2, 0.25) is 0 Å². The fraction of sp³-hybridized carbons (Fsp3) is 0.273. The third-order valence-electron chi connectivity index (χ3n) is 2.36. The normalized spacial score (nSPS) is 11.2. The number of halogens is 1. The third-order valence-corrected chi connectivity index (χ3v) is 2.58. The summed E-state index contributed by atoms with van der Waals surface area (Å²) in [7, 11) is 0. The molecule has 5 heteroatoms. The lowest BCUT2D eigenvalue weighted by Gasteiger charge is -2.02. The van der Waals surface area contributed by atoms with Crippen LogP contribution in [-0.2, 0) is 0 Å². The van der Waals surface area contributed by atoms with Crippen LogP contribution in [-0.4, -0.2) is 20.5 Å². The average Bonchev–Trinajstić information content (AvgIpc) is 2.55. The summed E-state index contributed by atoms with van der Waals surface area (Å²) in [6.45, 7) is 3.83. The molecule has 1 N–H and O–H groups in total. The Bertz CT molecular complexity index is 560. The summed E-state index contributed by atoms with van der Waals surface area (Å²) in [5.74, 6) is -0.928. The second-order valence-corrected chi connectivity index (χ2v) is 4.32. The number of hydrogen-bond acceptors (Lipinski definition) is 2. The van der Waals surface area contributed by atoms with E-state index in [4.69, 9.17) is 11.6 Å². The number of rotatable bonds is 2. The lowest BCUT2D eigenvalue weighted by atomic mass is 10.1. The summed E-state index contributed by atoms with van der Waals surface area (Å²) in [5.41, 5.74) is 1.37. The van der Waals surface area contributed by atoms with Crippen molar-refractivity contribution in [1.29, 1.82) is 0 Å². The van der Waals surface area contributed by atoms with Gasteiger partial charge < -0.3 is 5.11 Å². The topological polar surface area (TPSA) is 54.6 Å². The van der Waals surface area contributed by atoms with Crippen molar-refractivity contribution in [3.05, 3.63) is 34.7 Å². The molecule has 4 nitrogen and oxygen atoms in total. The first-order valence-electron chi connectivity index (χ1n) is 4.91. The molecule has 0 atom stereocenters. The SMILES string of the molecule is CC(C)c1nc2ccc(Cl)cn2c1C(=O)O. The van der Waals surface area contributed by atoms with Crippen LogP contribution >= 0.6 is 11.6 Å². The van der Waals surface area contributed by atoms with Crippen LogP contribution in [0.4, 0.5) is 0 Å². The highest BCUT2D eigenvalue weighted by Crippen LogP contribution is 2.22. The Kier molecular flexibility index (Phi) is 2.59. The molecule has 2 aromatic heterocycles. The molecule has 0 aliphatic heterocycles. The zero-order valence-electron chi connectivity index (χ0n) is 8.94. The Labute approximate surface area is 97.5 Å². The smallest absolute Gasteiger partial charge is 0.354 e. The maximum atomic E-state index is 11.2.